The largest absolute Gasteiger partial charge is 0.388 e. The Bertz CT molecular complexity index is 677. The van der Waals surface area contributed by atoms with E-state index in [0.717, 1.165) is 16.7 Å². The van der Waals surface area contributed by atoms with Gasteiger partial charge in [0, 0.05) is 12.6 Å². The van der Waals surface area contributed by atoms with Crippen LogP contribution >= 0.6 is 15.9 Å². The summed E-state index contributed by atoms with van der Waals surface area (Å²) in [5, 5.41) is 19.2. The molecule has 0 unspecified atom stereocenters. The SMILES string of the molecule is Cc1ccc([C@@H](O)Cc2cnc(C#N)c(Br)c2)c(C)c1. The number of nitriles is 1. The number of nitrogens with zero attached hydrogens (tertiary/aromatic N) is 2. The Balaban J connectivity index is 2.21. The quantitative estimate of drug-likeness (QED) is 0.935. The summed E-state index contributed by atoms with van der Waals surface area (Å²) in [4.78, 5) is 4.06. The van der Waals surface area contributed by atoms with Crippen molar-refractivity contribution in [3.63, 3.8) is 0 Å². The van der Waals surface area contributed by atoms with E-state index in [0.29, 0.717) is 16.6 Å². The summed E-state index contributed by atoms with van der Waals surface area (Å²) in [5.74, 6) is 0. The molecule has 0 amide bonds. The molecule has 102 valence electrons. The number of rotatable bonds is 3. The number of aliphatic hydroxyl groups excluding tert-OH is 1. The molecular weight excluding hydrogens is 316 g/mol. The van der Waals surface area contributed by atoms with Crippen LogP contribution in [0.2, 0.25) is 0 Å². The van der Waals surface area contributed by atoms with Gasteiger partial charge in [-0.3, -0.25) is 0 Å². The predicted octanol–water partition coefficient (Wildman–Crippen LogP) is 3.61. The van der Waals surface area contributed by atoms with Gasteiger partial charge in [-0.05, 0) is 52.5 Å². The van der Waals surface area contributed by atoms with Crippen LogP contribution < -0.4 is 0 Å². The molecule has 2 aromatic rings. The van der Waals surface area contributed by atoms with Crippen LogP contribution in [0.4, 0.5) is 0 Å². The first-order valence-electron chi connectivity index (χ1n) is 6.31. The van der Waals surface area contributed by atoms with E-state index in [4.69, 9.17) is 5.26 Å². The second kappa shape index (κ2) is 6.17. The van der Waals surface area contributed by atoms with Crippen molar-refractivity contribution in [2.75, 3.05) is 0 Å². The van der Waals surface area contributed by atoms with Crippen LogP contribution in [0.1, 0.15) is 34.1 Å². The zero-order chi connectivity index (χ0) is 14.7. The van der Waals surface area contributed by atoms with E-state index in [9.17, 15) is 5.11 Å². The van der Waals surface area contributed by atoms with Crippen LogP contribution in [-0.4, -0.2) is 10.1 Å². The lowest BCUT2D eigenvalue weighted by molar-refractivity contribution is 0.177. The van der Waals surface area contributed by atoms with Gasteiger partial charge >= 0.3 is 0 Å². The molecule has 0 aliphatic rings. The molecule has 2 rings (SSSR count). The lowest BCUT2D eigenvalue weighted by Gasteiger charge is -2.14. The first-order chi connectivity index (χ1) is 9.51. The molecule has 4 heteroatoms. The van der Waals surface area contributed by atoms with Crippen molar-refractivity contribution in [2.24, 2.45) is 0 Å². The minimum Gasteiger partial charge on any atom is -0.388 e. The van der Waals surface area contributed by atoms with Gasteiger partial charge in [0.2, 0.25) is 0 Å². The van der Waals surface area contributed by atoms with Gasteiger partial charge in [0.1, 0.15) is 6.07 Å². The number of halogens is 1. The molecule has 3 nitrogen and oxygen atoms in total. The summed E-state index contributed by atoms with van der Waals surface area (Å²) in [5.41, 5.74) is 4.44. The van der Waals surface area contributed by atoms with Gasteiger partial charge in [0.15, 0.2) is 5.69 Å². The molecule has 20 heavy (non-hydrogen) atoms. The molecule has 0 aliphatic heterocycles. The van der Waals surface area contributed by atoms with Crippen LogP contribution in [0.5, 0.6) is 0 Å². The van der Waals surface area contributed by atoms with Crippen molar-refractivity contribution in [2.45, 2.75) is 26.4 Å². The highest BCUT2D eigenvalue weighted by atomic mass is 79.9. The van der Waals surface area contributed by atoms with Crippen LogP contribution in [0.3, 0.4) is 0 Å². The van der Waals surface area contributed by atoms with Gasteiger partial charge in [0.25, 0.3) is 0 Å². The monoisotopic (exact) mass is 330 g/mol. The zero-order valence-corrected chi connectivity index (χ0v) is 13.0. The van der Waals surface area contributed by atoms with Crippen LogP contribution in [0, 0.1) is 25.2 Å². The van der Waals surface area contributed by atoms with Crippen LogP contribution in [0.25, 0.3) is 0 Å². The summed E-state index contributed by atoms with van der Waals surface area (Å²) in [6.07, 6.45) is 1.54. The lowest BCUT2D eigenvalue weighted by Crippen LogP contribution is -2.05. The van der Waals surface area contributed by atoms with Gasteiger partial charge in [-0.15, -0.1) is 0 Å². The maximum absolute atomic E-state index is 10.4. The maximum atomic E-state index is 10.4. The topological polar surface area (TPSA) is 56.9 Å². The van der Waals surface area contributed by atoms with Crippen molar-refractivity contribution < 1.29 is 5.11 Å². The van der Waals surface area contributed by atoms with Gasteiger partial charge < -0.3 is 5.11 Å². The molecule has 1 heterocycles. The Labute approximate surface area is 127 Å². The molecule has 0 fully saturated rings. The number of hydrogen-bond donors (Lipinski definition) is 1. The summed E-state index contributed by atoms with van der Waals surface area (Å²) < 4.78 is 0.658. The molecular formula is C16H15BrN2O. The van der Waals surface area contributed by atoms with Gasteiger partial charge in [0.05, 0.1) is 10.6 Å². The molecule has 0 radical (unpaired) electrons. The van der Waals surface area contributed by atoms with Crippen molar-refractivity contribution in [3.05, 3.63) is 62.9 Å². The Morgan fingerprint density at radius 2 is 2.10 bits per heavy atom. The van der Waals surface area contributed by atoms with E-state index in [2.05, 4.69) is 27.0 Å². The summed E-state index contributed by atoms with van der Waals surface area (Å²) in [7, 11) is 0. The highest BCUT2D eigenvalue weighted by molar-refractivity contribution is 9.10. The molecule has 1 aromatic carbocycles. The van der Waals surface area contributed by atoms with Gasteiger partial charge in [-0.25, -0.2) is 4.98 Å². The van der Waals surface area contributed by atoms with Gasteiger partial charge in [-0.2, -0.15) is 5.26 Å². The smallest absolute Gasteiger partial charge is 0.154 e. The third-order valence-electron chi connectivity index (χ3n) is 3.22. The number of aromatic nitrogens is 1. The van der Waals surface area contributed by atoms with Gasteiger partial charge in [-0.1, -0.05) is 23.8 Å². The number of aryl methyl sites for hydroxylation is 2. The molecule has 0 aliphatic carbocycles. The molecule has 0 spiro atoms. The molecule has 0 bridgehead atoms. The molecule has 1 aromatic heterocycles. The van der Waals surface area contributed by atoms with Crippen molar-refractivity contribution >= 4 is 15.9 Å². The van der Waals surface area contributed by atoms with Crippen LogP contribution in [-0.2, 0) is 6.42 Å². The highest BCUT2D eigenvalue weighted by Crippen LogP contribution is 2.24. The Hall–Kier alpha value is -1.70. The molecule has 1 N–H and O–H groups in total. The van der Waals surface area contributed by atoms with E-state index in [1.54, 1.807) is 6.20 Å². The Morgan fingerprint density at radius 3 is 2.70 bits per heavy atom. The Kier molecular flexibility index (Phi) is 4.53. The average Bonchev–Trinajstić information content (AvgIpc) is 2.38. The van der Waals surface area contributed by atoms with Crippen molar-refractivity contribution in [1.29, 1.82) is 5.26 Å². The lowest BCUT2D eigenvalue weighted by atomic mass is 9.97. The third kappa shape index (κ3) is 3.24. The minimum atomic E-state index is -0.572. The fourth-order valence-electron chi connectivity index (χ4n) is 2.20. The number of benzene rings is 1. The van der Waals surface area contributed by atoms with E-state index in [1.807, 2.05) is 38.1 Å². The van der Waals surface area contributed by atoms with Crippen molar-refractivity contribution in [1.82, 2.24) is 4.98 Å². The highest BCUT2D eigenvalue weighted by Gasteiger charge is 2.12. The predicted molar refractivity (Wildman–Crippen MR) is 81.2 cm³/mol. The minimum absolute atomic E-state index is 0.356. The Morgan fingerprint density at radius 1 is 1.35 bits per heavy atom. The second-order valence-electron chi connectivity index (χ2n) is 4.87. The number of hydrogen-bond acceptors (Lipinski definition) is 3. The summed E-state index contributed by atoms with van der Waals surface area (Å²) >= 11 is 3.31. The molecule has 1 atom stereocenters. The van der Waals surface area contributed by atoms with E-state index >= 15 is 0 Å². The fraction of sp³-hybridized carbons (Fsp3) is 0.250. The maximum Gasteiger partial charge on any atom is 0.154 e. The third-order valence-corrected chi connectivity index (χ3v) is 3.82. The summed E-state index contributed by atoms with van der Waals surface area (Å²) in [6.45, 7) is 4.03. The van der Waals surface area contributed by atoms with Crippen LogP contribution in [0.15, 0.2) is 34.9 Å². The zero-order valence-electron chi connectivity index (χ0n) is 11.4. The number of pyridine rings is 1. The average molecular weight is 331 g/mol. The van der Waals surface area contributed by atoms with E-state index < -0.39 is 6.10 Å². The van der Waals surface area contributed by atoms with E-state index in [1.165, 1.54) is 5.56 Å². The first kappa shape index (κ1) is 14.7. The van der Waals surface area contributed by atoms with Crippen molar-refractivity contribution in [3.8, 4) is 6.07 Å². The fourth-order valence-corrected chi connectivity index (χ4v) is 2.69. The normalized spacial score (nSPS) is 11.9. The molecule has 0 saturated heterocycles. The first-order valence-corrected chi connectivity index (χ1v) is 7.10. The molecule has 0 saturated carbocycles. The number of aliphatic hydroxyl groups is 1. The van der Waals surface area contributed by atoms with E-state index in [-0.39, 0.29) is 0 Å². The summed E-state index contributed by atoms with van der Waals surface area (Å²) in [6, 6.07) is 9.85. The standard InChI is InChI=1S/C16H15BrN2O/c1-10-3-4-13(11(2)5-10)16(20)7-12-6-14(17)15(8-18)19-9-12/h3-6,9,16,20H,7H2,1-2H3/t16-/m0/s1. The second-order valence-corrected chi connectivity index (χ2v) is 5.72.